The molecule has 2 aromatic rings. The number of hydrogen-bond donors (Lipinski definition) is 0. The lowest BCUT2D eigenvalue weighted by Gasteiger charge is -2.10. The van der Waals surface area contributed by atoms with Gasteiger partial charge in [0, 0.05) is 10.3 Å². The van der Waals surface area contributed by atoms with E-state index in [2.05, 4.69) is 30.1 Å². The number of thioether (sulfide) groups is 2. The highest BCUT2D eigenvalue weighted by molar-refractivity contribution is 8.03. The van der Waals surface area contributed by atoms with Gasteiger partial charge in [0.15, 0.2) is 8.68 Å². The molecule has 0 amide bonds. The number of rotatable bonds is 5. The van der Waals surface area contributed by atoms with Crippen molar-refractivity contribution < 1.29 is 0 Å². The van der Waals surface area contributed by atoms with E-state index in [4.69, 9.17) is 11.6 Å². The van der Waals surface area contributed by atoms with Gasteiger partial charge in [0.25, 0.3) is 0 Å². The van der Waals surface area contributed by atoms with Crippen LogP contribution in [-0.4, -0.2) is 16.0 Å². The minimum absolute atomic E-state index is 0.283. The van der Waals surface area contributed by atoms with Crippen LogP contribution < -0.4 is 0 Å². The Bertz CT molecular complexity index is 516. The van der Waals surface area contributed by atoms with E-state index in [1.807, 2.05) is 18.2 Å². The molecule has 6 heteroatoms. The molecule has 1 aromatic heterocycles. The van der Waals surface area contributed by atoms with Gasteiger partial charge < -0.3 is 0 Å². The molecule has 2 nitrogen and oxygen atoms in total. The van der Waals surface area contributed by atoms with Crippen LogP contribution in [0.4, 0.5) is 0 Å². The minimum Gasteiger partial charge on any atom is -0.131 e. The molecule has 1 heterocycles. The summed E-state index contributed by atoms with van der Waals surface area (Å²) < 4.78 is 2.03. The summed E-state index contributed by atoms with van der Waals surface area (Å²) in [7, 11) is 0. The molecule has 0 aliphatic rings. The molecule has 1 aromatic carbocycles. The van der Waals surface area contributed by atoms with Gasteiger partial charge in [-0.15, -0.1) is 10.2 Å². The van der Waals surface area contributed by atoms with Gasteiger partial charge in [0.05, 0.1) is 0 Å². The van der Waals surface area contributed by atoms with Crippen LogP contribution >= 0.6 is 46.5 Å². The van der Waals surface area contributed by atoms with E-state index >= 15 is 0 Å². The molecular weight excluding hydrogens is 304 g/mol. The summed E-state index contributed by atoms with van der Waals surface area (Å²) in [5.74, 6) is 1.03. The third-order valence-corrected chi connectivity index (χ3v) is 5.78. The Labute approximate surface area is 125 Å². The van der Waals surface area contributed by atoms with Crippen LogP contribution in [-0.2, 0) is 0 Å². The van der Waals surface area contributed by atoms with Gasteiger partial charge in [-0.1, -0.05) is 71.6 Å². The molecular formula is C12H13ClN2S3. The van der Waals surface area contributed by atoms with Crippen LogP contribution in [0.25, 0.3) is 0 Å². The van der Waals surface area contributed by atoms with E-state index < -0.39 is 0 Å². The number of benzene rings is 1. The lowest BCUT2D eigenvalue weighted by molar-refractivity contribution is 0.949. The van der Waals surface area contributed by atoms with Crippen molar-refractivity contribution in [2.45, 2.75) is 27.8 Å². The molecule has 0 saturated carbocycles. The first kappa shape index (κ1) is 14.2. The molecule has 1 unspecified atom stereocenters. The Hall–Kier alpha value is -0.230. The van der Waals surface area contributed by atoms with E-state index in [-0.39, 0.29) is 5.25 Å². The van der Waals surface area contributed by atoms with Gasteiger partial charge in [0.2, 0.25) is 0 Å². The predicted molar refractivity (Wildman–Crippen MR) is 82.0 cm³/mol. The van der Waals surface area contributed by atoms with Gasteiger partial charge in [-0.2, -0.15) is 0 Å². The maximum atomic E-state index is 6.19. The molecule has 0 N–H and O–H groups in total. The van der Waals surface area contributed by atoms with E-state index in [0.29, 0.717) is 0 Å². The molecule has 0 saturated heterocycles. The summed E-state index contributed by atoms with van der Waals surface area (Å²) in [5, 5.41) is 9.44. The zero-order valence-corrected chi connectivity index (χ0v) is 13.3. The molecule has 0 spiro atoms. The highest BCUT2D eigenvalue weighted by Crippen LogP contribution is 2.40. The van der Waals surface area contributed by atoms with Gasteiger partial charge >= 0.3 is 0 Å². The molecule has 18 heavy (non-hydrogen) atoms. The summed E-state index contributed by atoms with van der Waals surface area (Å²) in [4.78, 5) is 0. The molecule has 0 radical (unpaired) electrons. The summed E-state index contributed by atoms with van der Waals surface area (Å²) in [6.07, 6.45) is 0. The SMILES string of the molecule is CCSc1nnc(SC(C)c2ccccc2Cl)s1. The van der Waals surface area contributed by atoms with Crippen molar-refractivity contribution >= 4 is 46.5 Å². The highest BCUT2D eigenvalue weighted by Gasteiger charge is 2.13. The van der Waals surface area contributed by atoms with Crippen molar-refractivity contribution in [3.63, 3.8) is 0 Å². The summed E-state index contributed by atoms with van der Waals surface area (Å²) in [6.45, 7) is 4.26. The van der Waals surface area contributed by atoms with Crippen LogP contribution in [0.1, 0.15) is 24.7 Å². The second-order valence-electron chi connectivity index (χ2n) is 3.55. The fraction of sp³-hybridized carbons (Fsp3) is 0.333. The van der Waals surface area contributed by atoms with Crippen molar-refractivity contribution in [1.29, 1.82) is 0 Å². The van der Waals surface area contributed by atoms with Crippen molar-refractivity contribution in [1.82, 2.24) is 10.2 Å². The molecule has 0 aliphatic heterocycles. The minimum atomic E-state index is 0.283. The lowest BCUT2D eigenvalue weighted by Crippen LogP contribution is -1.89. The number of halogens is 1. The average Bonchev–Trinajstić information content (AvgIpc) is 2.77. The average molecular weight is 317 g/mol. The standard InChI is InChI=1S/C12H13ClN2S3/c1-3-16-11-14-15-12(18-11)17-8(2)9-6-4-5-7-10(9)13/h4-8H,3H2,1-2H3. The van der Waals surface area contributed by atoms with Crippen molar-refractivity contribution in [2.75, 3.05) is 5.75 Å². The number of aromatic nitrogens is 2. The second kappa shape index (κ2) is 6.80. The molecule has 0 bridgehead atoms. The number of hydrogen-bond acceptors (Lipinski definition) is 5. The van der Waals surface area contributed by atoms with Crippen LogP contribution in [0, 0.1) is 0 Å². The lowest BCUT2D eigenvalue weighted by atomic mass is 10.2. The first-order chi connectivity index (χ1) is 8.70. The Morgan fingerprint density at radius 3 is 2.72 bits per heavy atom. The van der Waals surface area contributed by atoms with Crippen molar-refractivity contribution in [2.24, 2.45) is 0 Å². The first-order valence-corrected chi connectivity index (χ1v) is 8.64. The van der Waals surface area contributed by atoms with Crippen LogP contribution in [0.2, 0.25) is 5.02 Å². The monoisotopic (exact) mass is 316 g/mol. The van der Waals surface area contributed by atoms with Gasteiger partial charge in [-0.25, -0.2) is 0 Å². The highest BCUT2D eigenvalue weighted by atomic mass is 35.5. The topological polar surface area (TPSA) is 25.8 Å². The molecule has 0 aliphatic carbocycles. The van der Waals surface area contributed by atoms with Gasteiger partial charge in [-0.3, -0.25) is 0 Å². The summed E-state index contributed by atoms with van der Waals surface area (Å²) in [6, 6.07) is 7.94. The fourth-order valence-electron chi connectivity index (χ4n) is 1.45. The van der Waals surface area contributed by atoms with Crippen molar-refractivity contribution in [3.05, 3.63) is 34.9 Å². The zero-order valence-electron chi connectivity index (χ0n) is 10.1. The third-order valence-electron chi connectivity index (χ3n) is 2.28. The van der Waals surface area contributed by atoms with Crippen LogP contribution in [0.5, 0.6) is 0 Å². The quantitative estimate of drug-likeness (QED) is 0.712. The zero-order chi connectivity index (χ0) is 13.0. The maximum absolute atomic E-state index is 6.19. The Morgan fingerprint density at radius 1 is 1.28 bits per heavy atom. The molecule has 0 fully saturated rings. The second-order valence-corrected chi connectivity index (χ2v) is 8.03. The van der Waals surface area contributed by atoms with Gasteiger partial charge in [-0.05, 0) is 24.3 Å². The maximum Gasteiger partial charge on any atom is 0.175 e. The fourth-order valence-corrected chi connectivity index (χ4v) is 5.04. The van der Waals surface area contributed by atoms with Crippen molar-refractivity contribution in [3.8, 4) is 0 Å². The Kier molecular flexibility index (Phi) is 5.36. The molecule has 96 valence electrons. The van der Waals surface area contributed by atoms with E-state index in [1.165, 1.54) is 0 Å². The van der Waals surface area contributed by atoms with E-state index in [1.54, 1.807) is 34.9 Å². The van der Waals surface area contributed by atoms with E-state index in [9.17, 15) is 0 Å². The van der Waals surface area contributed by atoms with E-state index in [0.717, 1.165) is 25.0 Å². The summed E-state index contributed by atoms with van der Waals surface area (Å²) >= 11 is 11.3. The predicted octanol–water partition coefficient (Wildman–Crippen LogP) is 5.16. The Morgan fingerprint density at radius 2 is 2.00 bits per heavy atom. The molecule has 1 atom stereocenters. The smallest absolute Gasteiger partial charge is 0.131 e. The Balaban J connectivity index is 2.06. The largest absolute Gasteiger partial charge is 0.175 e. The third kappa shape index (κ3) is 3.63. The summed E-state index contributed by atoms with van der Waals surface area (Å²) in [5.41, 5.74) is 1.14. The normalized spacial score (nSPS) is 12.6. The van der Waals surface area contributed by atoms with Crippen LogP contribution in [0.15, 0.2) is 32.9 Å². The first-order valence-electron chi connectivity index (χ1n) is 5.58. The van der Waals surface area contributed by atoms with Crippen LogP contribution in [0.3, 0.4) is 0 Å². The van der Waals surface area contributed by atoms with Gasteiger partial charge in [0.1, 0.15) is 0 Å². The number of nitrogens with zero attached hydrogens (tertiary/aromatic N) is 2. The molecule has 2 rings (SSSR count).